The second-order valence-electron chi connectivity index (χ2n) is 8.03. The Balaban J connectivity index is 1.63. The number of nitrogens with zero attached hydrogens (tertiary/aromatic N) is 1. The van der Waals surface area contributed by atoms with Gasteiger partial charge in [0.05, 0.1) is 12.6 Å². The van der Waals surface area contributed by atoms with Gasteiger partial charge in [0.15, 0.2) is 6.10 Å². The zero-order valence-electron chi connectivity index (χ0n) is 16.5. The SMILES string of the molecule is O=C1N(Cc2ccccc2)c2ccccc2[C@]12C[C@@H](c1ccccc1)O[C@H]2C(F)(F)F. The maximum absolute atomic E-state index is 14.3. The first-order valence-electron chi connectivity index (χ1n) is 10.1. The molecule has 3 atom stereocenters. The molecule has 0 aromatic heterocycles. The minimum absolute atomic E-state index is 0.0532. The minimum atomic E-state index is -4.69. The van der Waals surface area contributed by atoms with Gasteiger partial charge in [-0.2, -0.15) is 13.2 Å². The normalized spacial score (nSPS) is 25.3. The maximum Gasteiger partial charge on any atom is 0.416 e. The minimum Gasteiger partial charge on any atom is -0.359 e. The summed E-state index contributed by atoms with van der Waals surface area (Å²) in [5.74, 6) is -0.557. The summed E-state index contributed by atoms with van der Waals surface area (Å²) < 4.78 is 48.4. The van der Waals surface area contributed by atoms with Crippen molar-refractivity contribution in [2.75, 3.05) is 4.90 Å². The molecule has 0 unspecified atom stereocenters. The van der Waals surface area contributed by atoms with Crippen LogP contribution in [-0.2, 0) is 21.5 Å². The Morgan fingerprint density at radius 3 is 2.19 bits per heavy atom. The van der Waals surface area contributed by atoms with Gasteiger partial charge in [-0.3, -0.25) is 4.79 Å². The third-order valence-corrected chi connectivity index (χ3v) is 6.21. The van der Waals surface area contributed by atoms with Crippen LogP contribution >= 0.6 is 0 Å². The molecular weight excluding hydrogens is 403 g/mol. The van der Waals surface area contributed by atoms with Crippen LogP contribution in [0, 0.1) is 0 Å². The number of carbonyl (C=O) groups is 1. The molecule has 6 heteroatoms. The number of hydrogen-bond acceptors (Lipinski definition) is 2. The van der Waals surface area contributed by atoms with Crippen molar-refractivity contribution in [1.82, 2.24) is 0 Å². The molecule has 0 aliphatic carbocycles. The number of amides is 1. The number of hydrogen-bond donors (Lipinski definition) is 0. The predicted octanol–water partition coefficient (Wildman–Crippen LogP) is 5.56. The molecule has 1 saturated heterocycles. The highest BCUT2D eigenvalue weighted by Gasteiger charge is 2.68. The lowest BCUT2D eigenvalue weighted by Gasteiger charge is -2.30. The molecular formula is C25H20F3NO2. The van der Waals surface area contributed by atoms with E-state index in [4.69, 9.17) is 4.74 Å². The first-order valence-corrected chi connectivity index (χ1v) is 10.1. The zero-order valence-corrected chi connectivity index (χ0v) is 16.5. The Bertz CT molecular complexity index is 1100. The quantitative estimate of drug-likeness (QED) is 0.552. The van der Waals surface area contributed by atoms with Crippen LogP contribution < -0.4 is 4.90 Å². The number of anilines is 1. The summed E-state index contributed by atoms with van der Waals surface area (Å²) in [4.78, 5) is 15.2. The molecule has 1 spiro atoms. The first-order chi connectivity index (χ1) is 14.9. The van der Waals surface area contributed by atoms with Crippen molar-refractivity contribution in [2.45, 2.75) is 36.8 Å². The number of fused-ring (bicyclic) bond motifs is 2. The van der Waals surface area contributed by atoms with E-state index in [1.54, 1.807) is 54.6 Å². The standard InChI is InChI=1S/C25H20F3NO2/c26-25(27,28)22-24(15-21(31-22)18-11-5-2-6-12-18)19-13-7-8-14-20(19)29(23(24)30)16-17-9-3-1-4-10-17/h1-14,21-22H,15-16H2/t21-,22+,24-/m0/s1. The molecule has 0 radical (unpaired) electrons. The van der Waals surface area contributed by atoms with Gasteiger partial charge in [0.1, 0.15) is 5.41 Å². The lowest BCUT2D eigenvalue weighted by Crippen LogP contribution is -2.51. The van der Waals surface area contributed by atoms with Gasteiger partial charge in [-0.05, 0) is 29.2 Å². The number of rotatable bonds is 3. The van der Waals surface area contributed by atoms with E-state index in [-0.39, 0.29) is 13.0 Å². The Morgan fingerprint density at radius 1 is 0.903 bits per heavy atom. The number of ether oxygens (including phenoxy) is 1. The number of benzene rings is 3. The smallest absolute Gasteiger partial charge is 0.359 e. The molecule has 31 heavy (non-hydrogen) atoms. The molecule has 3 aromatic carbocycles. The van der Waals surface area contributed by atoms with Crippen LogP contribution in [0.15, 0.2) is 84.9 Å². The van der Waals surface area contributed by atoms with Crippen molar-refractivity contribution in [3.63, 3.8) is 0 Å². The average molecular weight is 423 g/mol. The summed E-state index contributed by atoms with van der Waals surface area (Å²) in [6.45, 7) is 0.207. The highest BCUT2D eigenvalue weighted by molar-refractivity contribution is 6.09. The van der Waals surface area contributed by atoms with Crippen molar-refractivity contribution < 1.29 is 22.7 Å². The number of carbonyl (C=O) groups excluding carboxylic acids is 1. The lowest BCUT2D eigenvalue weighted by molar-refractivity contribution is -0.227. The molecule has 0 bridgehead atoms. The molecule has 3 nitrogen and oxygen atoms in total. The van der Waals surface area contributed by atoms with Gasteiger partial charge in [-0.25, -0.2) is 0 Å². The van der Waals surface area contributed by atoms with Gasteiger partial charge in [-0.15, -0.1) is 0 Å². The molecule has 158 valence electrons. The van der Waals surface area contributed by atoms with Crippen molar-refractivity contribution in [3.05, 3.63) is 102 Å². The lowest BCUT2D eigenvalue weighted by atomic mass is 9.73. The van der Waals surface area contributed by atoms with Crippen LogP contribution in [0.2, 0.25) is 0 Å². The van der Waals surface area contributed by atoms with Gasteiger partial charge in [0.2, 0.25) is 5.91 Å². The highest BCUT2D eigenvalue weighted by atomic mass is 19.4. The Hall–Kier alpha value is -3.12. The summed E-state index contributed by atoms with van der Waals surface area (Å²) in [6.07, 6.45) is -7.77. The number of halogens is 3. The van der Waals surface area contributed by atoms with Crippen LogP contribution in [0.25, 0.3) is 0 Å². The fraction of sp³-hybridized carbons (Fsp3) is 0.240. The molecule has 3 aromatic rings. The van der Waals surface area contributed by atoms with E-state index in [0.717, 1.165) is 5.56 Å². The Labute approximate surface area is 178 Å². The Morgan fingerprint density at radius 2 is 1.52 bits per heavy atom. The molecule has 1 fully saturated rings. The maximum atomic E-state index is 14.3. The van der Waals surface area contributed by atoms with E-state index in [2.05, 4.69) is 0 Å². The van der Waals surface area contributed by atoms with E-state index in [0.29, 0.717) is 16.8 Å². The molecule has 2 aliphatic heterocycles. The molecule has 0 N–H and O–H groups in total. The second kappa shape index (κ2) is 7.24. The summed E-state index contributed by atoms with van der Waals surface area (Å²) >= 11 is 0. The van der Waals surface area contributed by atoms with E-state index in [1.807, 2.05) is 30.3 Å². The van der Waals surface area contributed by atoms with Crippen LogP contribution in [-0.4, -0.2) is 18.2 Å². The first kappa shape index (κ1) is 19.8. The van der Waals surface area contributed by atoms with E-state index < -0.39 is 29.7 Å². The van der Waals surface area contributed by atoms with Crippen LogP contribution in [0.1, 0.15) is 29.2 Å². The summed E-state index contributed by atoms with van der Waals surface area (Å²) in [5, 5.41) is 0. The van der Waals surface area contributed by atoms with Gasteiger partial charge in [0, 0.05) is 5.69 Å². The van der Waals surface area contributed by atoms with Crippen molar-refractivity contribution in [3.8, 4) is 0 Å². The fourth-order valence-electron chi connectivity index (χ4n) is 4.87. The van der Waals surface area contributed by atoms with E-state index in [1.165, 1.54) is 4.90 Å². The number of alkyl halides is 3. The second-order valence-corrected chi connectivity index (χ2v) is 8.03. The summed E-state index contributed by atoms with van der Waals surface area (Å²) in [7, 11) is 0. The largest absolute Gasteiger partial charge is 0.416 e. The third-order valence-electron chi connectivity index (χ3n) is 6.21. The summed E-state index contributed by atoms with van der Waals surface area (Å²) in [5.41, 5.74) is 0.592. The van der Waals surface area contributed by atoms with Crippen molar-refractivity contribution >= 4 is 11.6 Å². The fourth-order valence-corrected chi connectivity index (χ4v) is 4.87. The van der Waals surface area contributed by atoms with Gasteiger partial charge < -0.3 is 9.64 Å². The van der Waals surface area contributed by atoms with Crippen LogP contribution in [0.5, 0.6) is 0 Å². The Kier molecular flexibility index (Phi) is 4.63. The van der Waals surface area contributed by atoms with Gasteiger partial charge >= 0.3 is 6.18 Å². The number of para-hydroxylation sites is 1. The van der Waals surface area contributed by atoms with E-state index >= 15 is 0 Å². The predicted molar refractivity (Wildman–Crippen MR) is 110 cm³/mol. The van der Waals surface area contributed by atoms with Gasteiger partial charge in [0.25, 0.3) is 0 Å². The van der Waals surface area contributed by atoms with Crippen LogP contribution in [0.3, 0.4) is 0 Å². The van der Waals surface area contributed by atoms with Gasteiger partial charge in [-0.1, -0.05) is 78.9 Å². The molecule has 1 amide bonds. The average Bonchev–Trinajstić information content (AvgIpc) is 3.30. The molecule has 2 aliphatic rings. The zero-order chi connectivity index (χ0) is 21.6. The molecule has 2 heterocycles. The molecule has 5 rings (SSSR count). The molecule has 0 saturated carbocycles. The van der Waals surface area contributed by atoms with Crippen molar-refractivity contribution in [1.29, 1.82) is 0 Å². The summed E-state index contributed by atoms with van der Waals surface area (Å²) in [6, 6.07) is 24.9. The monoisotopic (exact) mass is 423 g/mol. The van der Waals surface area contributed by atoms with Crippen molar-refractivity contribution in [2.24, 2.45) is 0 Å². The third kappa shape index (κ3) is 3.13. The van der Waals surface area contributed by atoms with E-state index in [9.17, 15) is 18.0 Å². The highest BCUT2D eigenvalue weighted by Crippen LogP contribution is 2.58. The van der Waals surface area contributed by atoms with Crippen LogP contribution in [0.4, 0.5) is 18.9 Å². The topological polar surface area (TPSA) is 29.5 Å².